The zero-order chi connectivity index (χ0) is 12.3. The van der Waals surface area contributed by atoms with E-state index in [4.69, 9.17) is 14.6 Å². The van der Waals surface area contributed by atoms with Gasteiger partial charge in [-0.15, -0.1) is 0 Å². The van der Waals surface area contributed by atoms with E-state index in [2.05, 4.69) is 0 Å². The minimum Gasteiger partial charge on any atom is -0.394 e. The SMILES string of the molecule is CCC(C)O[C@@H]1OC(CO)[C@@H](O)C(O)[C@H]1O. The molecular weight excluding hydrogens is 216 g/mol. The lowest BCUT2D eigenvalue weighted by Gasteiger charge is -2.40. The highest BCUT2D eigenvalue weighted by Crippen LogP contribution is 2.23. The average Bonchev–Trinajstić information content (AvgIpc) is 2.29. The van der Waals surface area contributed by atoms with Gasteiger partial charge in [-0.1, -0.05) is 6.92 Å². The Morgan fingerprint density at radius 1 is 1.19 bits per heavy atom. The van der Waals surface area contributed by atoms with Crippen molar-refractivity contribution in [2.75, 3.05) is 6.61 Å². The molecule has 1 fully saturated rings. The minimum atomic E-state index is -1.38. The number of hydrogen-bond acceptors (Lipinski definition) is 6. The molecule has 3 unspecified atom stereocenters. The van der Waals surface area contributed by atoms with E-state index >= 15 is 0 Å². The third kappa shape index (κ3) is 2.91. The van der Waals surface area contributed by atoms with Crippen molar-refractivity contribution in [3.05, 3.63) is 0 Å². The van der Waals surface area contributed by atoms with Crippen LogP contribution in [0.1, 0.15) is 20.3 Å². The third-order valence-electron chi connectivity index (χ3n) is 2.79. The van der Waals surface area contributed by atoms with Crippen molar-refractivity contribution in [1.82, 2.24) is 0 Å². The van der Waals surface area contributed by atoms with Gasteiger partial charge in [-0.25, -0.2) is 0 Å². The van der Waals surface area contributed by atoms with Crippen LogP contribution in [-0.2, 0) is 9.47 Å². The van der Waals surface area contributed by atoms with Gasteiger partial charge < -0.3 is 29.9 Å². The Hall–Kier alpha value is -0.240. The van der Waals surface area contributed by atoms with Crippen molar-refractivity contribution in [2.45, 2.75) is 57.1 Å². The summed E-state index contributed by atoms with van der Waals surface area (Å²) in [6, 6.07) is 0. The van der Waals surface area contributed by atoms with Crippen molar-refractivity contribution < 1.29 is 29.9 Å². The molecule has 1 aliphatic rings. The Labute approximate surface area is 94.4 Å². The number of rotatable bonds is 4. The first-order chi connectivity index (χ1) is 7.51. The summed E-state index contributed by atoms with van der Waals surface area (Å²) < 4.78 is 10.5. The predicted octanol–water partition coefficient (Wildman–Crippen LogP) is -1.40. The highest BCUT2D eigenvalue weighted by Gasteiger charge is 2.44. The molecule has 0 aromatic carbocycles. The molecule has 1 heterocycles. The second-order valence-corrected chi connectivity index (χ2v) is 4.05. The summed E-state index contributed by atoms with van der Waals surface area (Å²) in [5.74, 6) is 0. The van der Waals surface area contributed by atoms with E-state index in [0.29, 0.717) is 0 Å². The lowest BCUT2D eigenvalue weighted by atomic mass is 9.99. The summed E-state index contributed by atoms with van der Waals surface area (Å²) >= 11 is 0. The van der Waals surface area contributed by atoms with Gasteiger partial charge in [0.25, 0.3) is 0 Å². The van der Waals surface area contributed by atoms with Crippen LogP contribution in [0.2, 0.25) is 0 Å². The minimum absolute atomic E-state index is 0.138. The standard InChI is InChI=1S/C10H20O6/c1-3-5(2)15-10-9(14)8(13)7(12)6(4-11)16-10/h5-14H,3-4H2,1-2H3/t5?,6?,7-,8?,9-,10-/m1/s1. The van der Waals surface area contributed by atoms with Crippen LogP contribution in [0.5, 0.6) is 0 Å². The second-order valence-electron chi connectivity index (χ2n) is 4.05. The lowest BCUT2D eigenvalue weighted by Crippen LogP contribution is -2.59. The molecule has 0 spiro atoms. The Bertz CT molecular complexity index is 209. The zero-order valence-electron chi connectivity index (χ0n) is 9.48. The van der Waals surface area contributed by atoms with E-state index < -0.39 is 37.3 Å². The molecule has 1 rings (SSSR count). The summed E-state index contributed by atoms with van der Waals surface area (Å²) in [6.45, 7) is 3.28. The van der Waals surface area contributed by atoms with Crippen LogP contribution in [0.25, 0.3) is 0 Å². The number of ether oxygens (including phenoxy) is 2. The van der Waals surface area contributed by atoms with Gasteiger partial charge in [-0.3, -0.25) is 0 Å². The van der Waals surface area contributed by atoms with Crippen molar-refractivity contribution >= 4 is 0 Å². The maximum Gasteiger partial charge on any atom is 0.186 e. The topological polar surface area (TPSA) is 99.4 Å². The van der Waals surface area contributed by atoms with Gasteiger partial charge in [-0.05, 0) is 13.3 Å². The molecule has 0 radical (unpaired) electrons. The summed E-state index contributed by atoms with van der Waals surface area (Å²) in [7, 11) is 0. The number of hydrogen-bond donors (Lipinski definition) is 4. The quantitative estimate of drug-likeness (QED) is 0.479. The van der Waals surface area contributed by atoms with Gasteiger partial charge >= 0.3 is 0 Å². The molecule has 0 amide bonds. The van der Waals surface area contributed by atoms with Crippen molar-refractivity contribution in [3.63, 3.8) is 0 Å². The monoisotopic (exact) mass is 236 g/mol. The van der Waals surface area contributed by atoms with Gasteiger partial charge in [0, 0.05) is 0 Å². The smallest absolute Gasteiger partial charge is 0.186 e. The summed E-state index contributed by atoms with van der Waals surface area (Å²) in [4.78, 5) is 0. The first kappa shape index (κ1) is 13.8. The molecule has 0 aromatic heterocycles. The molecule has 6 nitrogen and oxygen atoms in total. The van der Waals surface area contributed by atoms with Gasteiger partial charge in [0.15, 0.2) is 6.29 Å². The molecule has 0 aliphatic carbocycles. The molecule has 4 N–H and O–H groups in total. The predicted molar refractivity (Wildman–Crippen MR) is 54.6 cm³/mol. The summed E-state index contributed by atoms with van der Waals surface area (Å²) in [5.41, 5.74) is 0. The van der Waals surface area contributed by atoms with E-state index in [1.54, 1.807) is 6.92 Å². The molecule has 96 valence electrons. The van der Waals surface area contributed by atoms with Crippen LogP contribution < -0.4 is 0 Å². The summed E-state index contributed by atoms with van der Waals surface area (Å²) in [6.07, 6.45) is -5.36. The van der Waals surface area contributed by atoms with Gasteiger partial charge in [-0.2, -0.15) is 0 Å². The summed E-state index contributed by atoms with van der Waals surface area (Å²) in [5, 5.41) is 37.6. The fourth-order valence-corrected chi connectivity index (χ4v) is 1.50. The van der Waals surface area contributed by atoms with Gasteiger partial charge in [0.05, 0.1) is 12.7 Å². The first-order valence-corrected chi connectivity index (χ1v) is 5.47. The largest absolute Gasteiger partial charge is 0.394 e. The number of aliphatic hydroxyl groups excluding tert-OH is 4. The fourth-order valence-electron chi connectivity index (χ4n) is 1.50. The molecule has 1 aliphatic heterocycles. The first-order valence-electron chi connectivity index (χ1n) is 5.47. The van der Waals surface area contributed by atoms with E-state index in [1.165, 1.54) is 0 Å². The van der Waals surface area contributed by atoms with E-state index in [1.807, 2.05) is 6.92 Å². The highest BCUT2D eigenvalue weighted by molar-refractivity contribution is 4.89. The van der Waals surface area contributed by atoms with Crippen LogP contribution in [0.3, 0.4) is 0 Å². The molecule has 0 bridgehead atoms. The molecule has 0 aromatic rings. The molecular formula is C10H20O6. The van der Waals surface area contributed by atoms with Crippen LogP contribution in [-0.4, -0.2) is 63.8 Å². The number of aliphatic hydroxyl groups is 4. The normalized spacial score (nSPS) is 42.0. The maximum absolute atomic E-state index is 9.62. The molecule has 0 saturated carbocycles. The van der Waals surface area contributed by atoms with Crippen LogP contribution in [0.4, 0.5) is 0 Å². The molecule has 16 heavy (non-hydrogen) atoms. The molecule has 6 heteroatoms. The van der Waals surface area contributed by atoms with Crippen LogP contribution in [0.15, 0.2) is 0 Å². The van der Waals surface area contributed by atoms with Crippen LogP contribution >= 0.6 is 0 Å². The highest BCUT2D eigenvalue weighted by atomic mass is 16.7. The Balaban J connectivity index is 2.63. The van der Waals surface area contributed by atoms with Gasteiger partial charge in [0.1, 0.15) is 24.4 Å². The van der Waals surface area contributed by atoms with Crippen molar-refractivity contribution in [1.29, 1.82) is 0 Å². The Morgan fingerprint density at radius 3 is 2.31 bits per heavy atom. The zero-order valence-corrected chi connectivity index (χ0v) is 9.48. The third-order valence-corrected chi connectivity index (χ3v) is 2.79. The molecule has 1 saturated heterocycles. The van der Waals surface area contributed by atoms with E-state index in [0.717, 1.165) is 6.42 Å². The maximum atomic E-state index is 9.62. The fraction of sp³-hybridized carbons (Fsp3) is 1.00. The van der Waals surface area contributed by atoms with E-state index in [9.17, 15) is 15.3 Å². The van der Waals surface area contributed by atoms with Crippen molar-refractivity contribution in [2.24, 2.45) is 0 Å². The lowest BCUT2D eigenvalue weighted by molar-refractivity contribution is -0.310. The van der Waals surface area contributed by atoms with E-state index in [-0.39, 0.29) is 6.10 Å². The average molecular weight is 236 g/mol. The Kier molecular flexibility index (Phi) is 5.10. The van der Waals surface area contributed by atoms with Gasteiger partial charge in [0.2, 0.25) is 0 Å². The van der Waals surface area contributed by atoms with Crippen molar-refractivity contribution in [3.8, 4) is 0 Å². The second kappa shape index (κ2) is 5.90. The molecule has 6 atom stereocenters. The van der Waals surface area contributed by atoms with Crippen LogP contribution in [0, 0.1) is 0 Å². The Morgan fingerprint density at radius 2 is 1.81 bits per heavy atom.